The number of rotatable bonds is 6. The molecule has 8 heteroatoms. The van der Waals surface area contributed by atoms with Crippen LogP contribution in [0, 0.1) is 5.92 Å². The summed E-state index contributed by atoms with van der Waals surface area (Å²) in [6, 6.07) is 7.72. The van der Waals surface area contributed by atoms with Crippen LogP contribution in [-0.4, -0.2) is 52.5 Å². The Hall–Kier alpha value is -3.16. The van der Waals surface area contributed by atoms with Crippen LogP contribution >= 0.6 is 0 Å². The molecule has 2 aromatic heterocycles. The van der Waals surface area contributed by atoms with Crippen LogP contribution in [0.25, 0.3) is 16.7 Å². The average molecular weight is 409 g/mol. The van der Waals surface area contributed by atoms with Crippen LogP contribution in [0.5, 0.6) is 5.75 Å². The number of ether oxygens (including phenoxy) is 2. The monoisotopic (exact) mass is 409 g/mol. The molecule has 3 heterocycles. The molecule has 0 unspecified atom stereocenters. The predicted octanol–water partition coefficient (Wildman–Crippen LogP) is 3.17. The van der Waals surface area contributed by atoms with Gasteiger partial charge in [-0.25, -0.2) is 14.6 Å². The summed E-state index contributed by atoms with van der Waals surface area (Å²) in [5, 5.41) is 5.47. The van der Waals surface area contributed by atoms with Gasteiger partial charge in [0.05, 0.1) is 36.9 Å². The number of hydrogen-bond donors (Lipinski definition) is 0. The lowest BCUT2D eigenvalue weighted by Crippen LogP contribution is -2.40. The Balaban J connectivity index is 1.73. The highest BCUT2D eigenvalue weighted by molar-refractivity contribution is 5.88. The van der Waals surface area contributed by atoms with Gasteiger partial charge in [0, 0.05) is 19.5 Å². The van der Waals surface area contributed by atoms with Gasteiger partial charge in [-0.15, -0.1) is 0 Å². The highest BCUT2D eigenvalue weighted by atomic mass is 16.5. The van der Waals surface area contributed by atoms with Crippen molar-refractivity contribution in [2.45, 2.75) is 33.1 Å². The average Bonchev–Trinajstić information content (AvgIpc) is 3.22. The lowest BCUT2D eigenvalue weighted by Gasteiger charge is -2.32. The van der Waals surface area contributed by atoms with E-state index in [1.54, 1.807) is 7.11 Å². The topological polar surface area (TPSA) is 82.4 Å². The van der Waals surface area contributed by atoms with E-state index in [1.165, 1.54) is 0 Å². The first-order valence-electron chi connectivity index (χ1n) is 10.4. The number of hydrogen-bond acceptors (Lipinski definition) is 7. The quantitative estimate of drug-likeness (QED) is 0.578. The van der Waals surface area contributed by atoms with Crippen molar-refractivity contribution in [2.24, 2.45) is 5.92 Å². The third-order valence-corrected chi connectivity index (χ3v) is 5.43. The molecule has 1 atom stereocenters. The number of piperidine rings is 1. The summed E-state index contributed by atoms with van der Waals surface area (Å²) in [5.41, 5.74) is 1.67. The number of carbonyl (C=O) groups is 1. The van der Waals surface area contributed by atoms with E-state index in [0.717, 1.165) is 53.5 Å². The summed E-state index contributed by atoms with van der Waals surface area (Å²) < 4.78 is 12.3. The molecule has 3 aromatic rings. The van der Waals surface area contributed by atoms with Gasteiger partial charge in [0.15, 0.2) is 5.65 Å². The van der Waals surface area contributed by atoms with Gasteiger partial charge in [-0.3, -0.25) is 4.79 Å². The van der Waals surface area contributed by atoms with E-state index in [2.05, 4.69) is 10.00 Å². The molecule has 0 spiro atoms. The molecule has 0 saturated carbocycles. The first kappa shape index (κ1) is 20.1. The van der Waals surface area contributed by atoms with Crippen LogP contribution in [-0.2, 0) is 16.0 Å². The normalized spacial score (nSPS) is 16.6. The van der Waals surface area contributed by atoms with Gasteiger partial charge in [0.2, 0.25) is 0 Å². The molecular formula is C22H27N5O3. The maximum Gasteiger partial charge on any atom is 0.310 e. The number of methoxy groups -OCH3 is 1. The van der Waals surface area contributed by atoms with Crippen LogP contribution < -0.4 is 9.64 Å². The minimum atomic E-state index is -0.134. The van der Waals surface area contributed by atoms with Gasteiger partial charge < -0.3 is 14.4 Å². The maximum atomic E-state index is 12.3. The van der Waals surface area contributed by atoms with E-state index in [1.807, 2.05) is 49.0 Å². The van der Waals surface area contributed by atoms with Crippen molar-refractivity contribution in [1.29, 1.82) is 0 Å². The molecule has 1 fully saturated rings. The molecule has 1 aliphatic rings. The largest absolute Gasteiger partial charge is 0.497 e. The van der Waals surface area contributed by atoms with E-state index in [9.17, 15) is 4.79 Å². The van der Waals surface area contributed by atoms with Gasteiger partial charge in [-0.05, 0) is 44.0 Å². The highest BCUT2D eigenvalue weighted by Gasteiger charge is 2.29. The molecule has 0 radical (unpaired) electrons. The van der Waals surface area contributed by atoms with Crippen LogP contribution in [0.3, 0.4) is 0 Å². The van der Waals surface area contributed by atoms with E-state index < -0.39 is 0 Å². The van der Waals surface area contributed by atoms with Crippen LogP contribution in [0.1, 0.15) is 32.5 Å². The molecule has 30 heavy (non-hydrogen) atoms. The summed E-state index contributed by atoms with van der Waals surface area (Å²) in [7, 11) is 1.65. The Morgan fingerprint density at radius 2 is 2.00 bits per heavy atom. The third kappa shape index (κ3) is 3.81. The molecule has 158 valence electrons. The zero-order valence-electron chi connectivity index (χ0n) is 17.7. The molecular weight excluding hydrogens is 382 g/mol. The number of benzene rings is 1. The molecule has 0 bridgehead atoms. The zero-order valence-corrected chi connectivity index (χ0v) is 17.7. The number of anilines is 1. The zero-order chi connectivity index (χ0) is 21.1. The molecule has 0 amide bonds. The molecule has 1 aliphatic heterocycles. The van der Waals surface area contributed by atoms with Crippen molar-refractivity contribution < 1.29 is 14.3 Å². The molecule has 0 aliphatic carbocycles. The summed E-state index contributed by atoms with van der Waals surface area (Å²) in [6.07, 6.45) is 4.28. The van der Waals surface area contributed by atoms with Crippen molar-refractivity contribution >= 4 is 22.8 Å². The Kier molecular flexibility index (Phi) is 5.83. The van der Waals surface area contributed by atoms with Crippen LogP contribution in [0.15, 0.2) is 30.5 Å². The standard InChI is InChI=1S/C22H27N5O3/c1-4-19-24-20(26-12-6-7-15(14-26)22(28)30-5-2)18-13-23-27(21(18)25-19)16-8-10-17(29-3)11-9-16/h8-11,13,15H,4-7,12,14H2,1-3H3/t15-/m1/s1. The second-order valence-electron chi connectivity index (χ2n) is 7.35. The number of aryl methyl sites for hydroxylation is 1. The fraction of sp³-hybridized carbons (Fsp3) is 0.455. The van der Waals surface area contributed by atoms with E-state index >= 15 is 0 Å². The van der Waals surface area contributed by atoms with Crippen LogP contribution in [0.4, 0.5) is 5.82 Å². The minimum Gasteiger partial charge on any atom is -0.497 e. The number of esters is 1. The number of nitrogens with zero attached hydrogens (tertiary/aromatic N) is 5. The van der Waals surface area contributed by atoms with Gasteiger partial charge in [0.1, 0.15) is 17.4 Å². The van der Waals surface area contributed by atoms with Gasteiger partial charge >= 0.3 is 5.97 Å². The van der Waals surface area contributed by atoms with Crippen molar-refractivity contribution in [3.8, 4) is 11.4 Å². The van der Waals surface area contributed by atoms with Crippen molar-refractivity contribution in [2.75, 3.05) is 31.7 Å². The fourth-order valence-electron chi connectivity index (χ4n) is 3.87. The summed E-state index contributed by atoms with van der Waals surface area (Å²) in [4.78, 5) is 24.0. The SMILES string of the molecule is CCOC(=O)[C@@H]1CCCN(c2nc(CC)nc3c2cnn3-c2ccc(OC)cc2)C1. The van der Waals surface area contributed by atoms with Crippen molar-refractivity contribution in [3.05, 3.63) is 36.3 Å². The van der Waals surface area contributed by atoms with Gasteiger partial charge in [-0.1, -0.05) is 6.92 Å². The van der Waals surface area contributed by atoms with Crippen LogP contribution in [0.2, 0.25) is 0 Å². The van der Waals surface area contributed by atoms with Crippen molar-refractivity contribution in [3.63, 3.8) is 0 Å². The lowest BCUT2D eigenvalue weighted by atomic mass is 9.98. The number of aromatic nitrogens is 4. The third-order valence-electron chi connectivity index (χ3n) is 5.43. The Morgan fingerprint density at radius 3 is 2.70 bits per heavy atom. The number of carbonyl (C=O) groups excluding carboxylic acids is 1. The second-order valence-corrected chi connectivity index (χ2v) is 7.35. The first-order chi connectivity index (χ1) is 14.6. The highest BCUT2D eigenvalue weighted by Crippen LogP contribution is 2.30. The summed E-state index contributed by atoms with van der Waals surface area (Å²) in [5.74, 6) is 2.12. The molecule has 0 N–H and O–H groups in total. The molecule has 8 nitrogen and oxygen atoms in total. The van der Waals surface area contributed by atoms with E-state index in [4.69, 9.17) is 19.4 Å². The minimum absolute atomic E-state index is 0.128. The first-order valence-corrected chi connectivity index (χ1v) is 10.4. The predicted molar refractivity (Wildman–Crippen MR) is 114 cm³/mol. The Labute approximate surface area is 175 Å². The Morgan fingerprint density at radius 1 is 1.20 bits per heavy atom. The van der Waals surface area contributed by atoms with Crippen molar-refractivity contribution in [1.82, 2.24) is 19.7 Å². The Bertz CT molecular complexity index is 1030. The van der Waals surface area contributed by atoms with Gasteiger partial charge in [0.25, 0.3) is 0 Å². The molecule has 1 saturated heterocycles. The van der Waals surface area contributed by atoms with E-state index in [0.29, 0.717) is 19.6 Å². The second kappa shape index (κ2) is 8.69. The fourth-order valence-corrected chi connectivity index (χ4v) is 3.87. The summed E-state index contributed by atoms with van der Waals surface area (Å²) in [6.45, 7) is 5.73. The molecule has 4 rings (SSSR count). The number of fused-ring (bicyclic) bond motifs is 1. The lowest BCUT2D eigenvalue weighted by molar-refractivity contribution is -0.148. The van der Waals surface area contributed by atoms with Gasteiger partial charge in [-0.2, -0.15) is 5.10 Å². The van der Waals surface area contributed by atoms with E-state index in [-0.39, 0.29) is 11.9 Å². The summed E-state index contributed by atoms with van der Waals surface area (Å²) >= 11 is 0. The maximum absolute atomic E-state index is 12.3. The smallest absolute Gasteiger partial charge is 0.310 e. The molecule has 1 aromatic carbocycles.